The topological polar surface area (TPSA) is 20.2 Å². The molecule has 0 aliphatic carbocycles. The second-order valence-corrected chi connectivity index (χ2v) is 2.17. The van der Waals surface area contributed by atoms with Gasteiger partial charge in [0.2, 0.25) is 0 Å². The van der Waals surface area contributed by atoms with Gasteiger partial charge in [-0.25, -0.2) is 0 Å². The molecule has 0 unspecified atom stereocenters. The number of hydrogen-bond donors (Lipinski definition) is 1. The van der Waals surface area contributed by atoms with Crippen LogP contribution in [0.1, 0.15) is 20.8 Å². The van der Waals surface area contributed by atoms with Crippen LogP contribution in [0.2, 0.25) is 0 Å². The monoisotopic (exact) mass is 138 g/mol. The van der Waals surface area contributed by atoms with Crippen LogP contribution in [-0.4, -0.2) is 10.7 Å². The molecule has 0 rings (SSSR count). The van der Waals surface area contributed by atoms with Crippen molar-refractivity contribution in [1.82, 2.24) is 0 Å². The van der Waals surface area contributed by atoms with Crippen molar-refractivity contribution in [3.05, 3.63) is 0 Å². The van der Waals surface area contributed by atoms with E-state index in [0.717, 1.165) is 0 Å². The van der Waals surface area contributed by atoms with Gasteiger partial charge in [-0.15, -0.1) is 0 Å². The minimum Gasteiger partial charge on any atom is -0.391 e. The number of aliphatic hydroxyl groups is 1. The minimum atomic E-state index is -0.500. The maximum atomic E-state index is 8.52. The van der Waals surface area contributed by atoms with Crippen molar-refractivity contribution in [1.29, 1.82) is 0 Å². The molecule has 0 aromatic rings. The summed E-state index contributed by atoms with van der Waals surface area (Å²) in [7, 11) is 0. The molecule has 0 fully saturated rings. The van der Waals surface area contributed by atoms with Gasteiger partial charge >= 0.3 is 0 Å². The standard InChI is InChI=1S/C4H10O.Zn/c1-4(2,3)5;/h5H,1-3H3;. The van der Waals surface area contributed by atoms with Gasteiger partial charge in [0, 0.05) is 19.5 Å². The summed E-state index contributed by atoms with van der Waals surface area (Å²) in [6.45, 7) is 5.23. The Hall–Kier alpha value is 0.583. The van der Waals surface area contributed by atoms with Gasteiger partial charge in [-0.2, -0.15) is 0 Å². The van der Waals surface area contributed by atoms with Gasteiger partial charge in [0.15, 0.2) is 0 Å². The molecule has 0 saturated carbocycles. The van der Waals surface area contributed by atoms with Crippen LogP contribution in [0.3, 0.4) is 0 Å². The zero-order chi connectivity index (χ0) is 4.50. The Morgan fingerprint density at radius 1 is 1.17 bits per heavy atom. The van der Waals surface area contributed by atoms with E-state index >= 15 is 0 Å². The fraction of sp³-hybridized carbons (Fsp3) is 1.00. The van der Waals surface area contributed by atoms with E-state index < -0.39 is 5.60 Å². The largest absolute Gasteiger partial charge is 0.391 e. The van der Waals surface area contributed by atoms with E-state index in [1.165, 1.54) is 0 Å². The maximum Gasteiger partial charge on any atom is 0.0563 e. The van der Waals surface area contributed by atoms with Crippen LogP contribution >= 0.6 is 0 Å². The van der Waals surface area contributed by atoms with Crippen LogP contribution in [0.25, 0.3) is 0 Å². The molecule has 0 atom stereocenters. The van der Waals surface area contributed by atoms with Crippen LogP contribution in [0.4, 0.5) is 0 Å². The first-order valence-corrected chi connectivity index (χ1v) is 1.72. The van der Waals surface area contributed by atoms with Crippen LogP contribution in [0.5, 0.6) is 0 Å². The summed E-state index contributed by atoms with van der Waals surface area (Å²) < 4.78 is 0. The third-order valence-corrected chi connectivity index (χ3v) is 0. The third kappa shape index (κ3) is 173. The van der Waals surface area contributed by atoms with E-state index in [1.807, 2.05) is 0 Å². The Bertz CT molecular complexity index is 23.0. The Morgan fingerprint density at radius 2 is 1.17 bits per heavy atom. The molecule has 1 N–H and O–H groups in total. The van der Waals surface area contributed by atoms with Crippen molar-refractivity contribution in [2.45, 2.75) is 26.4 Å². The minimum absolute atomic E-state index is 0. The molecule has 34 valence electrons. The normalized spacial score (nSPS) is 10.0. The van der Waals surface area contributed by atoms with Crippen molar-refractivity contribution in [3.63, 3.8) is 0 Å². The Balaban J connectivity index is 0. The molecule has 0 saturated heterocycles. The van der Waals surface area contributed by atoms with E-state index in [2.05, 4.69) is 0 Å². The summed E-state index contributed by atoms with van der Waals surface area (Å²) in [4.78, 5) is 0. The fourth-order valence-corrected chi connectivity index (χ4v) is 0. The van der Waals surface area contributed by atoms with Crippen molar-refractivity contribution >= 4 is 0 Å². The second kappa shape index (κ2) is 2.71. The fourth-order valence-electron chi connectivity index (χ4n) is 0. The third-order valence-electron chi connectivity index (χ3n) is 0. The summed E-state index contributed by atoms with van der Waals surface area (Å²) in [6, 6.07) is 0. The van der Waals surface area contributed by atoms with Gasteiger partial charge < -0.3 is 5.11 Å². The molecule has 6 heavy (non-hydrogen) atoms. The molecule has 0 amide bonds. The van der Waals surface area contributed by atoms with Crippen LogP contribution in [0.15, 0.2) is 0 Å². The summed E-state index contributed by atoms with van der Waals surface area (Å²) in [6.07, 6.45) is 0. The summed E-state index contributed by atoms with van der Waals surface area (Å²) in [5.41, 5.74) is -0.500. The summed E-state index contributed by atoms with van der Waals surface area (Å²) in [5.74, 6) is 0. The van der Waals surface area contributed by atoms with E-state index in [4.69, 9.17) is 5.11 Å². The molecule has 0 aliphatic heterocycles. The van der Waals surface area contributed by atoms with E-state index in [0.29, 0.717) is 0 Å². The molecule has 1 nitrogen and oxygen atoms in total. The first kappa shape index (κ1) is 9.77. The van der Waals surface area contributed by atoms with Gasteiger partial charge in [0.25, 0.3) is 0 Å². The van der Waals surface area contributed by atoms with E-state index in [1.54, 1.807) is 20.8 Å². The molecule has 0 aromatic carbocycles. The maximum absolute atomic E-state index is 8.52. The molecule has 0 bridgehead atoms. The zero-order valence-electron chi connectivity index (χ0n) is 4.65. The molecule has 0 aliphatic rings. The average Bonchev–Trinajstić information content (AvgIpc) is 0.722. The molecule has 0 radical (unpaired) electrons. The quantitative estimate of drug-likeness (QED) is 0.492. The van der Waals surface area contributed by atoms with Crippen molar-refractivity contribution in [2.75, 3.05) is 0 Å². The Morgan fingerprint density at radius 3 is 1.17 bits per heavy atom. The predicted octanol–water partition coefficient (Wildman–Crippen LogP) is 0.775. The predicted molar refractivity (Wildman–Crippen MR) is 22.0 cm³/mol. The Labute approximate surface area is 51.5 Å². The van der Waals surface area contributed by atoms with E-state index in [-0.39, 0.29) is 19.5 Å². The van der Waals surface area contributed by atoms with Gasteiger partial charge in [-0.1, -0.05) is 0 Å². The van der Waals surface area contributed by atoms with Crippen LogP contribution in [-0.2, 0) is 19.5 Å². The van der Waals surface area contributed by atoms with Crippen molar-refractivity contribution in [2.24, 2.45) is 0 Å². The zero-order valence-corrected chi connectivity index (χ0v) is 7.62. The Kier molecular flexibility index (Phi) is 4.41. The average molecular weight is 140 g/mol. The van der Waals surface area contributed by atoms with Gasteiger partial charge in [-0.3, -0.25) is 0 Å². The molecule has 2 heteroatoms. The molecule has 0 spiro atoms. The van der Waals surface area contributed by atoms with E-state index in [9.17, 15) is 0 Å². The van der Waals surface area contributed by atoms with Gasteiger partial charge in [0.1, 0.15) is 0 Å². The smallest absolute Gasteiger partial charge is 0.0563 e. The van der Waals surface area contributed by atoms with Crippen molar-refractivity contribution < 1.29 is 24.6 Å². The van der Waals surface area contributed by atoms with Crippen LogP contribution in [0, 0.1) is 0 Å². The van der Waals surface area contributed by atoms with Crippen LogP contribution < -0.4 is 0 Å². The number of hydrogen-bond acceptors (Lipinski definition) is 1. The SMILES string of the molecule is CC(C)(C)O.[Zn]. The first-order valence-electron chi connectivity index (χ1n) is 1.72. The molecule has 0 heterocycles. The number of rotatable bonds is 0. The summed E-state index contributed by atoms with van der Waals surface area (Å²) in [5, 5.41) is 8.52. The summed E-state index contributed by atoms with van der Waals surface area (Å²) >= 11 is 0. The van der Waals surface area contributed by atoms with Gasteiger partial charge in [0.05, 0.1) is 5.60 Å². The van der Waals surface area contributed by atoms with Gasteiger partial charge in [-0.05, 0) is 20.8 Å². The van der Waals surface area contributed by atoms with Crippen molar-refractivity contribution in [3.8, 4) is 0 Å². The molecular formula is C4H10OZn. The first-order chi connectivity index (χ1) is 2.00. The molecular weight excluding hydrogens is 129 g/mol. The molecule has 0 aromatic heterocycles. The second-order valence-electron chi connectivity index (χ2n) is 2.17.